The second-order valence-electron chi connectivity index (χ2n) is 6.22. The number of thiazole rings is 1. The second kappa shape index (κ2) is 6.55. The highest BCUT2D eigenvalue weighted by molar-refractivity contribution is 7.22. The molecular formula is C16H25N3S. The molecule has 0 amide bonds. The first kappa shape index (κ1) is 15.3. The number of aromatic nitrogens is 1. The molecule has 3 nitrogen and oxygen atoms in total. The molecule has 4 heteroatoms. The lowest BCUT2D eigenvalue weighted by Gasteiger charge is -2.23. The van der Waals surface area contributed by atoms with Gasteiger partial charge in [0.05, 0.1) is 10.2 Å². The van der Waals surface area contributed by atoms with Crippen molar-refractivity contribution in [1.29, 1.82) is 0 Å². The van der Waals surface area contributed by atoms with Crippen LogP contribution in [0.4, 0.5) is 5.13 Å². The predicted molar refractivity (Wildman–Crippen MR) is 89.8 cm³/mol. The lowest BCUT2D eigenvalue weighted by Crippen LogP contribution is -2.33. The number of likely N-dealkylation sites (N-methyl/N-ethyl adjacent to an activating group) is 1. The zero-order valence-corrected chi connectivity index (χ0v) is 13.9. The quantitative estimate of drug-likeness (QED) is 0.872. The van der Waals surface area contributed by atoms with Crippen molar-refractivity contribution < 1.29 is 0 Å². The van der Waals surface area contributed by atoms with E-state index in [1.165, 1.54) is 10.3 Å². The minimum absolute atomic E-state index is 0.451. The molecule has 1 atom stereocenters. The van der Waals surface area contributed by atoms with Crippen LogP contribution in [0.5, 0.6) is 0 Å². The lowest BCUT2D eigenvalue weighted by molar-refractivity contribution is 0.356. The van der Waals surface area contributed by atoms with Crippen molar-refractivity contribution in [2.75, 3.05) is 26.0 Å². The van der Waals surface area contributed by atoms with E-state index in [0.717, 1.165) is 23.6 Å². The zero-order chi connectivity index (χ0) is 14.7. The number of fused-ring (bicyclic) bond motifs is 1. The Kier molecular flexibility index (Phi) is 5.00. The molecule has 1 aromatic heterocycles. The van der Waals surface area contributed by atoms with Crippen molar-refractivity contribution >= 4 is 26.7 Å². The third-order valence-corrected chi connectivity index (χ3v) is 4.18. The molecule has 1 heterocycles. The van der Waals surface area contributed by atoms with Crippen LogP contribution in [0.2, 0.25) is 0 Å². The molecule has 0 spiro atoms. The van der Waals surface area contributed by atoms with E-state index < -0.39 is 0 Å². The monoisotopic (exact) mass is 291 g/mol. The van der Waals surface area contributed by atoms with Crippen LogP contribution < -0.4 is 5.32 Å². The third-order valence-electron chi connectivity index (χ3n) is 3.21. The molecule has 0 bridgehead atoms. The van der Waals surface area contributed by atoms with Crippen molar-refractivity contribution in [3.05, 3.63) is 23.8 Å². The Labute approximate surface area is 126 Å². The molecule has 20 heavy (non-hydrogen) atoms. The van der Waals surface area contributed by atoms with E-state index >= 15 is 0 Å². The summed E-state index contributed by atoms with van der Waals surface area (Å²) in [6.45, 7) is 7.69. The van der Waals surface area contributed by atoms with Gasteiger partial charge in [-0.3, -0.25) is 0 Å². The first-order valence-corrected chi connectivity index (χ1v) is 8.04. The van der Waals surface area contributed by atoms with Gasteiger partial charge < -0.3 is 10.2 Å². The van der Waals surface area contributed by atoms with E-state index in [1.54, 1.807) is 11.3 Å². The Morgan fingerprint density at radius 2 is 2.05 bits per heavy atom. The lowest BCUT2D eigenvalue weighted by atomic mass is 10.0. The first-order valence-electron chi connectivity index (χ1n) is 7.22. The molecule has 2 rings (SSSR count). The third kappa shape index (κ3) is 4.18. The molecule has 110 valence electrons. The van der Waals surface area contributed by atoms with Crippen LogP contribution in [0.15, 0.2) is 18.2 Å². The zero-order valence-electron chi connectivity index (χ0n) is 13.1. The maximum absolute atomic E-state index is 4.72. The summed E-state index contributed by atoms with van der Waals surface area (Å²) in [6.07, 6.45) is 1.16. The van der Waals surface area contributed by atoms with Crippen LogP contribution in [0, 0.1) is 12.8 Å². The molecule has 0 aliphatic carbocycles. The van der Waals surface area contributed by atoms with E-state index in [-0.39, 0.29) is 0 Å². The number of benzene rings is 1. The predicted octanol–water partition coefficient (Wildman–Crippen LogP) is 3.99. The summed E-state index contributed by atoms with van der Waals surface area (Å²) in [5.41, 5.74) is 2.37. The van der Waals surface area contributed by atoms with Gasteiger partial charge in [-0.2, -0.15) is 0 Å². The standard InChI is InChI=1S/C16H25N3S/c1-11(2)8-13(10-19(4)5)17-16-18-14-9-12(3)6-7-15(14)20-16/h6-7,9,11,13H,8,10H2,1-5H3,(H,17,18). The topological polar surface area (TPSA) is 28.2 Å². The average Bonchev–Trinajstić information content (AvgIpc) is 2.68. The van der Waals surface area contributed by atoms with Crippen molar-refractivity contribution in [2.45, 2.75) is 33.2 Å². The number of aryl methyl sites for hydroxylation is 1. The van der Waals surface area contributed by atoms with E-state index in [1.807, 2.05) is 0 Å². The van der Waals surface area contributed by atoms with E-state index in [0.29, 0.717) is 12.0 Å². The SMILES string of the molecule is Cc1ccc2sc(NC(CC(C)C)CN(C)C)nc2c1. The highest BCUT2D eigenvalue weighted by Gasteiger charge is 2.14. The maximum atomic E-state index is 4.72. The minimum atomic E-state index is 0.451. The van der Waals surface area contributed by atoms with Crippen LogP contribution in [-0.4, -0.2) is 36.6 Å². The van der Waals surface area contributed by atoms with Gasteiger partial charge in [0, 0.05) is 12.6 Å². The summed E-state index contributed by atoms with van der Waals surface area (Å²) in [7, 11) is 4.24. The number of hydrogen-bond donors (Lipinski definition) is 1. The summed E-state index contributed by atoms with van der Waals surface area (Å²) >= 11 is 1.75. The first-order chi connectivity index (χ1) is 9.44. The number of rotatable bonds is 6. The van der Waals surface area contributed by atoms with Crippen molar-refractivity contribution in [3.63, 3.8) is 0 Å². The molecule has 0 saturated carbocycles. The van der Waals surface area contributed by atoms with Gasteiger partial charge in [-0.25, -0.2) is 4.98 Å². The molecule has 0 fully saturated rings. The number of anilines is 1. The van der Waals surface area contributed by atoms with E-state index in [4.69, 9.17) is 4.98 Å². The summed E-state index contributed by atoms with van der Waals surface area (Å²) < 4.78 is 1.26. The highest BCUT2D eigenvalue weighted by atomic mass is 32.1. The van der Waals surface area contributed by atoms with Gasteiger partial charge in [0.25, 0.3) is 0 Å². The summed E-state index contributed by atoms with van der Waals surface area (Å²) in [5, 5.41) is 4.66. The van der Waals surface area contributed by atoms with Gasteiger partial charge in [-0.15, -0.1) is 0 Å². The average molecular weight is 291 g/mol. The Bertz CT molecular complexity index is 550. The highest BCUT2D eigenvalue weighted by Crippen LogP contribution is 2.27. The van der Waals surface area contributed by atoms with Gasteiger partial charge in [0.2, 0.25) is 0 Å². The fourth-order valence-corrected chi connectivity index (χ4v) is 3.39. The van der Waals surface area contributed by atoms with Gasteiger partial charge >= 0.3 is 0 Å². The fraction of sp³-hybridized carbons (Fsp3) is 0.562. The van der Waals surface area contributed by atoms with Crippen LogP contribution >= 0.6 is 11.3 Å². The Morgan fingerprint density at radius 1 is 1.30 bits per heavy atom. The summed E-state index contributed by atoms with van der Waals surface area (Å²) in [4.78, 5) is 6.95. The molecule has 2 aromatic rings. The largest absolute Gasteiger partial charge is 0.357 e. The van der Waals surface area contributed by atoms with Gasteiger partial charge in [0.15, 0.2) is 5.13 Å². The maximum Gasteiger partial charge on any atom is 0.184 e. The molecular weight excluding hydrogens is 266 g/mol. The molecule has 1 N–H and O–H groups in total. The molecule has 0 aliphatic heterocycles. The smallest absolute Gasteiger partial charge is 0.184 e. The molecule has 0 saturated heterocycles. The van der Waals surface area contributed by atoms with Gasteiger partial charge in [-0.05, 0) is 51.1 Å². The normalized spacial score (nSPS) is 13.3. The van der Waals surface area contributed by atoms with E-state index in [2.05, 4.69) is 63.3 Å². The van der Waals surface area contributed by atoms with E-state index in [9.17, 15) is 0 Å². The van der Waals surface area contributed by atoms with Crippen LogP contribution in [0.25, 0.3) is 10.2 Å². The Morgan fingerprint density at radius 3 is 2.70 bits per heavy atom. The summed E-state index contributed by atoms with van der Waals surface area (Å²) in [5.74, 6) is 0.684. The number of nitrogens with zero attached hydrogens (tertiary/aromatic N) is 2. The Balaban J connectivity index is 2.14. The van der Waals surface area contributed by atoms with Crippen LogP contribution in [-0.2, 0) is 0 Å². The van der Waals surface area contributed by atoms with Crippen molar-refractivity contribution in [3.8, 4) is 0 Å². The minimum Gasteiger partial charge on any atom is -0.357 e. The second-order valence-corrected chi connectivity index (χ2v) is 7.25. The molecule has 1 aromatic carbocycles. The summed E-state index contributed by atoms with van der Waals surface area (Å²) in [6, 6.07) is 6.92. The van der Waals surface area contributed by atoms with Crippen LogP contribution in [0.1, 0.15) is 25.8 Å². The molecule has 0 aliphatic rings. The molecule has 0 radical (unpaired) electrons. The Hall–Kier alpha value is -1.13. The number of hydrogen-bond acceptors (Lipinski definition) is 4. The fourth-order valence-electron chi connectivity index (χ4n) is 2.46. The molecule has 1 unspecified atom stereocenters. The number of nitrogens with one attached hydrogen (secondary N) is 1. The van der Waals surface area contributed by atoms with Crippen LogP contribution in [0.3, 0.4) is 0 Å². The van der Waals surface area contributed by atoms with Gasteiger partial charge in [-0.1, -0.05) is 31.3 Å². The van der Waals surface area contributed by atoms with Crippen molar-refractivity contribution in [2.24, 2.45) is 5.92 Å². The van der Waals surface area contributed by atoms with Gasteiger partial charge in [0.1, 0.15) is 0 Å². The van der Waals surface area contributed by atoms with Crippen molar-refractivity contribution in [1.82, 2.24) is 9.88 Å².